The molecule has 2 heterocycles. The summed E-state index contributed by atoms with van der Waals surface area (Å²) >= 11 is 5.91. The van der Waals surface area contributed by atoms with Crippen LogP contribution in [-0.4, -0.2) is 15.7 Å². The van der Waals surface area contributed by atoms with E-state index in [1.165, 1.54) is 0 Å². The molecule has 0 aliphatic rings. The number of nitrogens with zero attached hydrogens (tertiary/aromatic N) is 2. The number of ether oxygens (including phenoxy) is 1. The van der Waals surface area contributed by atoms with Gasteiger partial charge < -0.3 is 14.5 Å². The lowest BCUT2D eigenvalue weighted by atomic mass is 10.1. The Bertz CT molecular complexity index is 1100. The van der Waals surface area contributed by atoms with Gasteiger partial charge in [0.15, 0.2) is 0 Å². The fourth-order valence-electron chi connectivity index (χ4n) is 2.95. The average Bonchev–Trinajstić information content (AvgIpc) is 3.45. The second-order valence-corrected chi connectivity index (χ2v) is 7.16. The van der Waals surface area contributed by atoms with Crippen LogP contribution in [0.25, 0.3) is 5.69 Å². The first kappa shape index (κ1) is 19.9. The maximum atomic E-state index is 12.5. The number of hydrogen-bond donors (Lipinski definition) is 1. The molecule has 0 bridgehead atoms. The van der Waals surface area contributed by atoms with Gasteiger partial charge in [-0.25, -0.2) is 4.68 Å². The van der Waals surface area contributed by atoms with Crippen LogP contribution in [0.1, 0.15) is 27.2 Å². The van der Waals surface area contributed by atoms with Gasteiger partial charge in [-0.1, -0.05) is 35.9 Å². The third kappa shape index (κ3) is 5.17. The van der Waals surface area contributed by atoms with Crippen molar-refractivity contribution in [2.75, 3.05) is 0 Å². The van der Waals surface area contributed by atoms with Crippen molar-refractivity contribution >= 4 is 17.5 Å². The van der Waals surface area contributed by atoms with Gasteiger partial charge in [0.25, 0.3) is 5.91 Å². The molecule has 0 spiro atoms. The topological polar surface area (TPSA) is 69.3 Å². The summed E-state index contributed by atoms with van der Waals surface area (Å²) < 4.78 is 12.6. The number of furan rings is 1. The zero-order valence-corrected chi connectivity index (χ0v) is 16.9. The summed E-state index contributed by atoms with van der Waals surface area (Å²) in [5, 5.41) is 7.83. The van der Waals surface area contributed by atoms with Crippen molar-refractivity contribution in [3.05, 3.63) is 107 Å². The molecule has 1 amide bonds. The number of carbonyl (C=O) groups excluding carboxylic acids is 1. The third-order valence-electron chi connectivity index (χ3n) is 4.47. The number of rotatable bonds is 8. The van der Waals surface area contributed by atoms with Gasteiger partial charge in [0.05, 0.1) is 30.3 Å². The Morgan fingerprint density at radius 1 is 1.07 bits per heavy atom. The first-order chi connectivity index (χ1) is 14.7. The van der Waals surface area contributed by atoms with Crippen molar-refractivity contribution in [2.24, 2.45) is 0 Å². The van der Waals surface area contributed by atoms with Crippen LogP contribution >= 0.6 is 11.6 Å². The molecule has 0 aliphatic heterocycles. The zero-order valence-electron chi connectivity index (χ0n) is 16.1. The first-order valence-corrected chi connectivity index (χ1v) is 9.82. The van der Waals surface area contributed by atoms with Crippen molar-refractivity contribution in [1.82, 2.24) is 15.1 Å². The fraction of sp³-hybridized carbons (Fsp3) is 0.130. The molecule has 152 valence electrons. The fourth-order valence-corrected chi connectivity index (χ4v) is 3.08. The maximum Gasteiger partial charge on any atom is 0.254 e. The number of benzene rings is 2. The van der Waals surface area contributed by atoms with Crippen LogP contribution in [-0.2, 0) is 24.5 Å². The normalized spacial score (nSPS) is 10.8. The molecule has 0 fully saturated rings. The summed E-state index contributed by atoms with van der Waals surface area (Å²) in [7, 11) is 0. The number of amides is 1. The standard InChI is InChI=1S/C23H20ClN3O3/c24-20-6-8-21(9-7-20)27-14-19(13-26-27)23(28)25-12-17-3-1-4-18(11-17)15-29-16-22-5-2-10-30-22/h1-11,13-14H,12,15-16H2,(H,25,28). The van der Waals surface area contributed by atoms with Crippen LogP contribution in [0, 0.1) is 0 Å². The minimum Gasteiger partial charge on any atom is -0.467 e. The van der Waals surface area contributed by atoms with E-state index in [-0.39, 0.29) is 5.91 Å². The largest absolute Gasteiger partial charge is 0.467 e. The van der Waals surface area contributed by atoms with Crippen molar-refractivity contribution in [3.63, 3.8) is 0 Å². The number of hydrogen-bond acceptors (Lipinski definition) is 4. The first-order valence-electron chi connectivity index (χ1n) is 9.44. The van der Waals surface area contributed by atoms with E-state index in [0.29, 0.717) is 30.3 Å². The van der Waals surface area contributed by atoms with Crippen LogP contribution in [0.3, 0.4) is 0 Å². The van der Waals surface area contributed by atoms with Crippen LogP contribution in [0.15, 0.2) is 83.7 Å². The highest BCUT2D eigenvalue weighted by Crippen LogP contribution is 2.14. The van der Waals surface area contributed by atoms with Crippen LogP contribution in [0.4, 0.5) is 0 Å². The Labute approximate surface area is 179 Å². The van der Waals surface area contributed by atoms with E-state index < -0.39 is 0 Å². The van der Waals surface area contributed by atoms with Crippen molar-refractivity contribution in [2.45, 2.75) is 19.8 Å². The molecule has 0 radical (unpaired) electrons. The molecule has 2 aromatic carbocycles. The van der Waals surface area contributed by atoms with E-state index in [9.17, 15) is 4.79 Å². The highest BCUT2D eigenvalue weighted by molar-refractivity contribution is 6.30. The zero-order chi connectivity index (χ0) is 20.8. The Kier molecular flexibility index (Phi) is 6.27. The molecule has 4 aromatic rings. The van der Waals surface area contributed by atoms with E-state index in [0.717, 1.165) is 22.6 Å². The van der Waals surface area contributed by atoms with Crippen molar-refractivity contribution in [1.29, 1.82) is 0 Å². The van der Waals surface area contributed by atoms with E-state index in [4.69, 9.17) is 20.8 Å². The SMILES string of the molecule is O=C(NCc1cccc(COCc2ccco2)c1)c1cnn(-c2ccc(Cl)cc2)c1. The summed E-state index contributed by atoms with van der Waals surface area (Å²) in [4.78, 5) is 12.5. The second kappa shape index (κ2) is 9.43. The van der Waals surface area contributed by atoms with E-state index in [1.54, 1.807) is 35.5 Å². The van der Waals surface area contributed by atoms with Gasteiger partial charge in [-0.3, -0.25) is 4.79 Å². The van der Waals surface area contributed by atoms with Gasteiger partial charge in [-0.2, -0.15) is 5.10 Å². The summed E-state index contributed by atoms with van der Waals surface area (Å²) in [6, 6.07) is 18.9. The molecule has 30 heavy (non-hydrogen) atoms. The van der Waals surface area contributed by atoms with E-state index >= 15 is 0 Å². The molecule has 2 aromatic heterocycles. The van der Waals surface area contributed by atoms with Gasteiger partial charge >= 0.3 is 0 Å². The van der Waals surface area contributed by atoms with Gasteiger partial charge in [0.2, 0.25) is 0 Å². The number of carbonyl (C=O) groups is 1. The maximum absolute atomic E-state index is 12.5. The summed E-state index contributed by atoms with van der Waals surface area (Å²) in [5.41, 5.74) is 3.35. The number of aromatic nitrogens is 2. The lowest BCUT2D eigenvalue weighted by Crippen LogP contribution is -2.22. The molecule has 0 saturated heterocycles. The Balaban J connectivity index is 1.31. The van der Waals surface area contributed by atoms with Gasteiger partial charge in [0.1, 0.15) is 12.4 Å². The summed E-state index contributed by atoms with van der Waals surface area (Å²) in [5.74, 6) is 0.604. The van der Waals surface area contributed by atoms with Gasteiger partial charge in [0, 0.05) is 17.8 Å². The Morgan fingerprint density at radius 2 is 1.90 bits per heavy atom. The summed E-state index contributed by atoms with van der Waals surface area (Å²) in [6.07, 6.45) is 4.86. The highest BCUT2D eigenvalue weighted by atomic mass is 35.5. The minimum absolute atomic E-state index is 0.185. The minimum atomic E-state index is -0.185. The second-order valence-electron chi connectivity index (χ2n) is 6.72. The molecular weight excluding hydrogens is 402 g/mol. The van der Waals surface area contributed by atoms with Crippen LogP contribution < -0.4 is 5.32 Å². The molecule has 7 heteroatoms. The quantitative estimate of drug-likeness (QED) is 0.445. The van der Waals surface area contributed by atoms with Crippen LogP contribution in [0.5, 0.6) is 0 Å². The lowest BCUT2D eigenvalue weighted by molar-refractivity contribution is 0.0928. The highest BCUT2D eigenvalue weighted by Gasteiger charge is 2.09. The number of nitrogens with one attached hydrogen (secondary N) is 1. The molecule has 6 nitrogen and oxygen atoms in total. The van der Waals surface area contributed by atoms with E-state index in [1.807, 2.05) is 48.5 Å². The number of halogens is 1. The predicted octanol–water partition coefficient (Wildman–Crippen LogP) is 4.77. The average molecular weight is 422 g/mol. The molecule has 0 unspecified atom stereocenters. The molecule has 0 aliphatic carbocycles. The lowest BCUT2D eigenvalue weighted by Gasteiger charge is -2.07. The van der Waals surface area contributed by atoms with Gasteiger partial charge in [-0.15, -0.1) is 0 Å². The van der Waals surface area contributed by atoms with Gasteiger partial charge in [-0.05, 0) is 47.5 Å². The molecule has 0 saturated carbocycles. The van der Waals surface area contributed by atoms with Crippen molar-refractivity contribution < 1.29 is 13.9 Å². The predicted molar refractivity (Wildman–Crippen MR) is 113 cm³/mol. The third-order valence-corrected chi connectivity index (χ3v) is 4.73. The van der Waals surface area contributed by atoms with E-state index in [2.05, 4.69) is 10.4 Å². The molecule has 4 rings (SSSR count). The Hall–Kier alpha value is -3.35. The van der Waals surface area contributed by atoms with Crippen LogP contribution in [0.2, 0.25) is 5.02 Å². The summed E-state index contributed by atoms with van der Waals surface area (Å²) in [6.45, 7) is 1.30. The Morgan fingerprint density at radius 3 is 2.70 bits per heavy atom. The van der Waals surface area contributed by atoms with Crippen molar-refractivity contribution in [3.8, 4) is 5.69 Å². The molecular formula is C23H20ClN3O3. The molecule has 1 N–H and O–H groups in total. The smallest absolute Gasteiger partial charge is 0.254 e. The molecule has 0 atom stereocenters. The monoisotopic (exact) mass is 421 g/mol.